The Labute approximate surface area is 269 Å². The Morgan fingerprint density at radius 3 is 1.93 bits per heavy atom. The van der Waals surface area contributed by atoms with Gasteiger partial charge in [0.25, 0.3) is 8.32 Å². The minimum atomic E-state index is -2.68. The average molecular weight is 639 g/mol. The first-order valence-corrected chi connectivity index (χ1v) is 21.4. The van der Waals surface area contributed by atoms with Crippen molar-refractivity contribution in [1.82, 2.24) is 0 Å². The third kappa shape index (κ3) is 7.51. The zero-order valence-electron chi connectivity index (χ0n) is 28.9. The molecule has 0 amide bonds. The fourth-order valence-electron chi connectivity index (χ4n) is 6.75. The minimum Gasteiger partial charge on any atom is -0.411 e. The molecule has 2 aromatic rings. The van der Waals surface area contributed by atoms with E-state index in [1.807, 2.05) is 6.08 Å². The lowest BCUT2D eigenvalue weighted by molar-refractivity contribution is -0.203. The van der Waals surface area contributed by atoms with Gasteiger partial charge in [0, 0.05) is 18.8 Å². The Bertz CT molecular complexity index is 1140. The summed E-state index contributed by atoms with van der Waals surface area (Å²) >= 11 is 0. The van der Waals surface area contributed by atoms with Gasteiger partial charge in [-0.1, -0.05) is 115 Å². The van der Waals surface area contributed by atoms with Crippen LogP contribution in [0.15, 0.2) is 73.3 Å². The zero-order chi connectivity index (χ0) is 32.2. The molecule has 2 aliphatic heterocycles. The molecule has 0 N–H and O–H groups in total. The van der Waals surface area contributed by atoms with Crippen molar-refractivity contribution in [3.05, 3.63) is 73.3 Å². The van der Waals surface area contributed by atoms with Crippen molar-refractivity contribution in [3.8, 4) is 0 Å². The van der Waals surface area contributed by atoms with Crippen molar-refractivity contribution >= 4 is 27.0 Å². The zero-order valence-corrected chi connectivity index (χ0v) is 30.9. The van der Waals surface area contributed by atoms with Crippen LogP contribution in [0.4, 0.5) is 0 Å². The van der Waals surface area contributed by atoms with Gasteiger partial charge in [-0.15, -0.1) is 6.58 Å². The van der Waals surface area contributed by atoms with Crippen LogP contribution < -0.4 is 10.4 Å². The third-order valence-electron chi connectivity index (χ3n) is 10.2. The molecule has 0 unspecified atom stereocenters. The molecule has 0 saturated carbocycles. The summed E-state index contributed by atoms with van der Waals surface area (Å²) in [6.45, 7) is 26.6. The van der Waals surface area contributed by atoms with E-state index >= 15 is 0 Å². The molecule has 44 heavy (non-hydrogen) atoms. The van der Waals surface area contributed by atoms with Crippen molar-refractivity contribution in [3.63, 3.8) is 0 Å². The molecule has 2 heterocycles. The Kier molecular flexibility index (Phi) is 11.3. The second kappa shape index (κ2) is 14.0. The molecule has 0 radical (unpaired) electrons. The standard InChI is InChI=1S/C37H58O5Si2/c1-11-12-23-37(38-24-25-39-37)29(2)26-33-34(42-43(9,10)35(3,4)5)27-30(41-33)28-40-44(36(6,7)8,31-19-15-13-16-20-31)32-21-17-14-18-22-32/h11,13-22,29-30,33-34H,1,12,23-28H2,2-10H3/t29-,30+,33-,34-/m0/s1. The first kappa shape index (κ1) is 35.3. The van der Waals surface area contributed by atoms with Gasteiger partial charge >= 0.3 is 0 Å². The molecule has 2 aliphatic rings. The molecular weight excluding hydrogens is 581 g/mol. The maximum absolute atomic E-state index is 7.33. The summed E-state index contributed by atoms with van der Waals surface area (Å²) in [4.78, 5) is 0. The van der Waals surface area contributed by atoms with Gasteiger partial charge in [0.2, 0.25) is 0 Å². The average Bonchev–Trinajstić information content (AvgIpc) is 3.59. The summed E-state index contributed by atoms with van der Waals surface area (Å²) in [5, 5.41) is 2.59. The van der Waals surface area contributed by atoms with Crippen LogP contribution in [0.2, 0.25) is 23.2 Å². The number of benzene rings is 2. The van der Waals surface area contributed by atoms with Crippen LogP contribution in [0.5, 0.6) is 0 Å². The van der Waals surface area contributed by atoms with E-state index < -0.39 is 22.4 Å². The molecular formula is C37H58O5Si2. The first-order chi connectivity index (χ1) is 20.7. The Morgan fingerprint density at radius 1 is 0.909 bits per heavy atom. The summed E-state index contributed by atoms with van der Waals surface area (Å²) in [6.07, 6.45) is 5.14. The second-order valence-corrected chi connectivity index (χ2v) is 24.5. The minimum absolute atomic E-state index is 0.00366. The number of hydrogen-bond donors (Lipinski definition) is 0. The highest BCUT2D eigenvalue weighted by atomic mass is 28.4. The van der Waals surface area contributed by atoms with E-state index in [1.54, 1.807) is 0 Å². The predicted octanol–water partition coefficient (Wildman–Crippen LogP) is 7.85. The fraction of sp³-hybridized carbons (Fsp3) is 0.622. The SMILES string of the molecule is C=CCCC1([C@@H](C)C[C@@H]2O[C@@H](CO[Si](c3ccccc3)(c3ccccc3)C(C)(C)C)C[C@@H]2O[Si](C)(C)C(C)(C)C)OCCO1. The van der Waals surface area contributed by atoms with Gasteiger partial charge in [0.15, 0.2) is 14.1 Å². The maximum Gasteiger partial charge on any atom is 0.261 e. The topological polar surface area (TPSA) is 46.2 Å². The maximum atomic E-state index is 7.33. The predicted molar refractivity (Wildman–Crippen MR) is 187 cm³/mol. The lowest BCUT2D eigenvalue weighted by Crippen LogP contribution is -2.67. The van der Waals surface area contributed by atoms with Crippen molar-refractivity contribution < 1.29 is 23.1 Å². The summed E-state index contributed by atoms with van der Waals surface area (Å²) in [5.41, 5.74) is 0. The highest BCUT2D eigenvalue weighted by Crippen LogP contribution is 2.43. The van der Waals surface area contributed by atoms with Crippen LogP contribution in [0.25, 0.3) is 0 Å². The van der Waals surface area contributed by atoms with Crippen molar-refractivity contribution in [1.29, 1.82) is 0 Å². The largest absolute Gasteiger partial charge is 0.411 e. The molecule has 4 atom stereocenters. The van der Waals surface area contributed by atoms with Crippen LogP contribution in [0.3, 0.4) is 0 Å². The fourth-order valence-corrected chi connectivity index (χ4v) is 12.7. The van der Waals surface area contributed by atoms with E-state index in [2.05, 4.69) is 129 Å². The lowest BCUT2D eigenvalue weighted by Gasteiger charge is -2.43. The number of ether oxygens (including phenoxy) is 3. The van der Waals surface area contributed by atoms with E-state index in [4.69, 9.17) is 23.1 Å². The molecule has 0 aliphatic carbocycles. The van der Waals surface area contributed by atoms with E-state index in [-0.39, 0.29) is 34.3 Å². The van der Waals surface area contributed by atoms with E-state index in [0.717, 1.165) is 25.7 Å². The van der Waals surface area contributed by atoms with Gasteiger partial charge < -0.3 is 23.1 Å². The molecule has 2 aromatic carbocycles. The van der Waals surface area contributed by atoms with Gasteiger partial charge in [-0.3, -0.25) is 0 Å². The van der Waals surface area contributed by atoms with Crippen LogP contribution >= 0.6 is 0 Å². The van der Waals surface area contributed by atoms with Crippen molar-refractivity contribution in [2.75, 3.05) is 19.8 Å². The second-order valence-electron chi connectivity index (χ2n) is 15.4. The van der Waals surface area contributed by atoms with Crippen molar-refractivity contribution in [2.45, 2.75) is 121 Å². The Balaban J connectivity index is 1.62. The lowest BCUT2D eigenvalue weighted by atomic mass is 9.89. The first-order valence-electron chi connectivity index (χ1n) is 16.6. The van der Waals surface area contributed by atoms with Gasteiger partial charge in [-0.25, -0.2) is 0 Å². The molecule has 7 heteroatoms. The number of hydrogen-bond acceptors (Lipinski definition) is 5. The molecule has 0 aromatic heterocycles. The van der Waals surface area contributed by atoms with Gasteiger partial charge in [-0.2, -0.15) is 0 Å². The van der Waals surface area contributed by atoms with Gasteiger partial charge in [0.05, 0.1) is 38.1 Å². The van der Waals surface area contributed by atoms with Crippen molar-refractivity contribution in [2.24, 2.45) is 5.92 Å². The Morgan fingerprint density at radius 2 is 1.45 bits per heavy atom. The van der Waals surface area contributed by atoms with Crippen LogP contribution in [0, 0.1) is 5.92 Å². The molecule has 2 fully saturated rings. The third-order valence-corrected chi connectivity index (χ3v) is 19.8. The monoisotopic (exact) mass is 638 g/mol. The van der Waals surface area contributed by atoms with E-state index in [1.165, 1.54) is 10.4 Å². The smallest absolute Gasteiger partial charge is 0.261 e. The summed E-state index contributed by atoms with van der Waals surface area (Å²) < 4.78 is 34.0. The molecule has 2 saturated heterocycles. The number of allylic oxidation sites excluding steroid dienone is 1. The summed E-state index contributed by atoms with van der Waals surface area (Å²) in [5.74, 6) is -0.445. The van der Waals surface area contributed by atoms with Crippen LogP contribution in [0.1, 0.15) is 74.1 Å². The quantitative estimate of drug-likeness (QED) is 0.165. The summed E-state index contributed by atoms with van der Waals surface area (Å²) in [6, 6.07) is 21.7. The molecule has 5 nitrogen and oxygen atoms in total. The highest BCUT2D eigenvalue weighted by molar-refractivity contribution is 6.99. The van der Waals surface area contributed by atoms with Crippen LogP contribution in [-0.2, 0) is 23.1 Å². The molecule has 244 valence electrons. The molecule has 4 rings (SSSR count). The normalized spacial score (nSPS) is 23.5. The Hall–Kier alpha value is -1.59. The summed E-state index contributed by atoms with van der Waals surface area (Å²) in [7, 11) is -4.73. The van der Waals surface area contributed by atoms with Gasteiger partial charge in [-0.05, 0) is 46.4 Å². The highest BCUT2D eigenvalue weighted by Gasteiger charge is 2.52. The van der Waals surface area contributed by atoms with E-state index in [0.29, 0.717) is 19.8 Å². The molecule has 0 bridgehead atoms. The number of rotatable bonds is 13. The van der Waals surface area contributed by atoms with Gasteiger partial charge in [0.1, 0.15) is 0 Å². The van der Waals surface area contributed by atoms with Crippen LogP contribution in [-0.4, -0.2) is 60.6 Å². The molecule has 0 spiro atoms. The van der Waals surface area contributed by atoms with E-state index in [9.17, 15) is 0 Å².